The van der Waals surface area contributed by atoms with Gasteiger partial charge in [0.2, 0.25) is 10.0 Å². The zero-order chi connectivity index (χ0) is 9.35. The molecule has 0 aliphatic rings. The molecular formula is C6H6ClNO3S. The minimum Gasteiger partial charge on any atom is -0.296 e. The van der Waals surface area contributed by atoms with Gasteiger partial charge in [-0.15, -0.1) is 0 Å². The summed E-state index contributed by atoms with van der Waals surface area (Å²) in [6, 6.07) is 1.35. The molecule has 1 rings (SSSR count). The van der Waals surface area contributed by atoms with Crippen LogP contribution in [0, 0.1) is 0 Å². The van der Waals surface area contributed by atoms with Gasteiger partial charge in [0.15, 0.2) is 6.29 Å². The van der Waals surface area contributed by atoms with Gasteiger partial charge >= 0.3 is 0 Å². The molecule has 1 aromatic heterocycles. The molecule has 0 spiro atoms. The van der Waals surface area contributed by atoms with Crippen LogP contribution in [-0.4, -0.2) is 24.9 Å². The Morgan fingerprint density at radius 3 is 2.50 bits per heavy atom. The SMILES string of the molecule is CS(=O)(=O)n1ccc(Cl)c1C=O. The molecule has 0 saturated carbocycles. The van der Waals surface area contributed by atoms with Crippen molar-refractivity contribution >= 4 is 27.9 Å². The van der Waals surface area contributed by atoms with E-state index in [0.29, 0.717) is 6.29 Å². The zero-order valence-corrected chi connectivity index (χ0v) is 7.76. The normalized spacial score (nSPS) is 11.5. The fourth-order valence-corrected chi connectivity index (χ4v) is 1.82. The summed E-state index contributed by atoms with van der Waals surface area (Å²) >= 11 is 5.53. The van der Waals surface area contributed by atoms with Gasteiger partial charge in [-0.2, -0.15) is 0 Å². The number of nitrogens with zero attached hydrogens (tertiary/aromatic N) is 1. The molecule has 0 aromatic carbocycles. The molecule has 1 heterocycles. The van der Waals surface area contributed by atoms with Crippen molar-refractivity contribution in [2.75, 3.05) is 6.26 Å². The van der Waals surface area contributed by atoms with Crippen molar-refractivity contribution in [2.24, 2.45) is 0 Å². The molecule has 0 atom stereocenters. The van der Waals surface area contributed by atoms with Crippen LogP contribution in [0.5, 0.6) is 0 Å². The number of carbonyl (C=O) groups excluding carboxylic acids is 1. The Labute approximate surface area is 74.8 Å². The Morgan fingerprint density at radius 2 is 2.17 bits per heavy atom. The van der Waals surface area contributed by atoms with E-state index in [1.807, 2.05) is 0 Å². The van der Waals surface area contributed by atoms with Crippen molar-refractivity contribution in [3.05, 3.63) is 23.0 Å². The molecule has 0 unspecified atom stereocenters. The van der Waals surface area contributed by atoms with Gasteiger partial charge in [0.05, 0.1) is 11.3 Å². The topological polar surface area (TPSA) is 56.1 Å². The average Bonchev–Trinajstić information content (AvgIpc) is 2.29. The Kier molecular flexibility index (Phi) is 2.25. The van der Waals surface area contributed by atoms with E-state index >= 15 is 0 Å². The van der Waals surface area contributed by atoms with Crippen LogP contribution in [0.1, 0.15) is 10.5 Å². The van der Waals surface area contributed by atoms with E-state index in [2.05, 4.69) is 0 Å². The summed E-state index contributed by atoms with van der Waals surface area (Å²) < 4.78 is 22.8. The Hall–Kier alpha value is -0.810. The molecular weight excluding hydrogens is 202 g/mol. The van der Waals surface area contributed by atoms with E-state index in [0.717, 1.165) is 10.2 Å². The third kappa shape index (κ3) is 1.51. The molecule has 0 aliphatic heterocycles. The predicted molar refractivity (Wildman–Crippen MR) is 45.1 cm³/mol. The Bertz CT molecular complexity index is 406. The van der Waals surface area contributed by atoms with Gasteiger partial charge in [0.25, 0.3) is 0 Å². The van der Waals surface area contributed by atoms with E-state index in [-0.39, 0.29) is 10.7 Å². The molecule has 66 valence electrons. The van der Waals surface area contributed by atoms with E-state index in [1.54, 1.807) is 0 Å². The first-order valence-corrected chi connectivity index (χ1v) is 5.22. The van der Waals surface area contributed by atoms with Crippen LogP contribution in [0.4, 0.5) is 0 Å². The Balaban J connectivity index is 3.45. The van der Waals surface area contributed by atoms with E-state index in [1.165, 1.54) is 12.3 Å². The molecule has 0 N–H and O–H groups in total. The van der Waals surface area contributed by atoms with Crippen molar-refractivity contribution in [1.29, 1.82) is 0 Å². The number of hydrogen-bond donors (Lipinski definition) is 0. The smallest absolute Gasteiger partial charge is 0.236 e. The minimum absolute atomic E-state index is 0.0424. The lowest BCUT2D eigenvalue weighted by atomic mass is 10.5. The lowest BCUT2D eigenvalue weighted by Gasteiger charge is -2.00. The molecule has 0 fully saturated rings. The van der Waals surface area contributed by atoms with Gasteiger partial charge in [0, 0.05) is 6.20 Å². The summed E-state index contributed by atoms with van der Waals surface area (Å²) in [5, 5.41) is 0.135. The van der Waals surface area contributed by atoms with Gasteiger partial charge in [0.1, 0.15) is 5.69 Å². The highest BCUT2D eigenvalue weighted by atomic mass is 35.5. The molecule has 0 radical (unpaired) electrons. The summed E-state index contributed by atoms with van der Waals surface area (Å²) in [7, 11) is -3.42. The van der Waals surface area contributed by atoms with Crippen LogP contribution in [0.15, 0.2) is 12.3 Å². The lowest BCUT2D eigenvalue weighted by molar-refractivity contribution is 0.111. The summed E-state index contributed by atoms with van der Waals surface area (Å²) in [6.07, 6.45) is 2.64. The molecule has 0 bridgehead atoms. The van der Waals surface area contributed by atoms with Crippen LogP contribution in [0.2, 0.25) is 5.02 Å². The number of aldehydes is 1. The lowest BCUT2D eigenvalue weighted by Crippen LogP contribution is -2.11. The maximum atomic E-state index is 11.0. The second-order valence-corrected chi connectivity index (χ2v) is 4.49. The first-order valence-electron chi connectivity index (χ1n) is 2.99. The fraction of sp³-hybridized carbons (Fsp3) is 0.167. The monoisotopic (exact) mass is 207 g/mol. The van der Waals surface area contributed by atoms with Crippen LogP contribution >= 0.6 is 11.6 Å². The third-order valence-electron chi connectivity index (χ3n) is 1.31. The minimum atomic E-state index is -3.42. The van der Waals surface area contributed by atoms with Crippen LogP contribution in [0.3, 0.4) is 0 Å². The second kappa shape index (κ2) is 2.91. The number of rotatable bonds is 2. The van der Waals surface area contributed by atoms with Crippen molar-refractivity contribution < 1.29 is 13.2 Å². The van der Waals surface area contributed by atoms with E-state index in [4.69, 9.17) is 11.6 Å². The number of aromatic nitrogens is 1. The van der Waals surface area contributed by atoms with Crippen molar-refractivity contribution in [1.82, 2.24) is 3.97 Å². The van der Waals surface area contributed by atoms with Crippen LogP contribution in [-0.2, 0) is 10.0 Å². The maximum Gasteiger partial charge on any atom is 0.236 e. The molecule has 0 saturated heterocycles. The van der Waals surface area contributed by atoms with E-state index < -0.39 is 10.0 Å². The largest absolute Gasteiger partial charge is 0.296 e. The molecule has 0 amide bonds. The van der Waals surface area contributed by atoms with Gasteiger partial charge in [-0.05, 0) is 6.07 Å². The van der Waals surface area contributed by atoms with Gasteiger partial charge in [-0.3, -0.25) is 4.79 Å². The highest BCUT2D eigenvalue weighted by Crippen LogP contribution is 2.16. The quantitative estimate of drug-likeness (QED) is 0.673. The predicted octanol–water partition coefficient (Wildman–Crippen LogP) is 0.762. The number of hydrogen-bond acceptors (Lipinski definition) is 3. The number of halogens is 1. The molecule has 12 heavy (non-hydrogen) atoms. The Morgan fingerprint density at radius 1 is 1.58 bits per heavy atom. The van der Waals surface area contributed by atoms with Gasteiger partial charge in [-0.25, -0.2) is 12.4 Å². The first-order chi connectivity index (χ1) is 5.46. The van der Waals surface area contributed by atoms with Crippen molar-refractivity contribution in [2.45, 2.75) is 0 Å². The first kappa shape index (κ1) is 9.28. The van der Waals surface area contributed by atoms with Crippen molar-refractivity contribution in [3.8, 4) is 0 Å². The zero-order valence-electron chi connectivity index (χ0n) is 6.19. The van der Waals surface area contributed by atoms with Crippen LogP contribution < -0.4 is 0 Å². The standard InChI is InChI=1S/C6H6ClNO3S/c1-12(10,11)8-3-2-5(7)6(8)4-9/h2-4H,1H3. The summed E-state index contributed by atoms with van der Waals surface area (Å²) in [5.41, 5.74) is -0.0424. The second-order valence-electron chi connectivity index (χ2n) is 2.23. The summed E-state index contributed by atoms with van der Waals surface area (Å²) in [5.74, 6) is 0. The van der Waals surface area contributed by atoms with Crippen LogP contribution in [0.25, 0.3) is 0 Å². The summed E-state index contributed by atoms with van der Waals surface area (Å²) in [6.45, 7) is 0. The molecule has 0 aliphatic carbocycles. The highest BCUT2D eigenvalue weighted by molar-refractivity contribution is 7.89. The van der Waals surface area contributed by atoms with Gasteiger partial charge < -0.3 is 0 Å². The number of carbonyl (C=O) groups is 1. The average molecular weight is 208 g/mol. The molecule has 6 heteroatoms. The molecule has 4 nitrogen and oxygen atoms in total. The summed E-state index contributed by atoms with van der Waals surface area (Å²) in [4.78, 5) is 10.4. The highest BCUT2D eigenvalue weighted by Gasteiger charge is 2.12. The van der Waals surface area contributed by atoms with Crippen molar-refractivity contribution in [3.63, 3.8) is 0 Å². The van der Waals surface area contributed by atoms with Gasteiger partial charge in [-0.1, -0.05) is 11.6 Å². The fourth-order valence-electron chi connectivity index (χ4n) is 0.802. The van der Waals surface area contributed by atoms with E-state index in [9.17, 15) is 13.2 Å². The molecule has 1 aromatic rings. The maximum absolute atomic E-state index is 11.0. The third-order valence-corrected chi connectivity index (χ3v) is 2.66.